The van der Waals surface area contributed by atoms with Crippen LogP contribution in [-0.4, -0.2) is 19.2 Å². The van der Waals surface area contributed by atoms with Crippen LogP contribution in [0.1, 0.15) is 43.2 Å². The molecule has 0 aliphatic carbocycles. The molecule has 2 aromatic heterocycles. The molecule has 3 aromatic carbocycles. The van der Waals surface area contributed by atoms with E-state index in [1.165, 1.54) is 0 Å². The lowest BCUT2D eigenvalue weighted by atomic mass is 9.82. The van der Waals surface area contributed by atoms with Gasteiger partial charge in [0.2, 0.25) is 0 Å². The van der Waals surface area contributed by atoms with Gasteiger partial charge in [-0.3, -0.25) is 4.79 Å². The van der Waals surface area contributed by atoms with Crippen LogP contribution in [0.25, 0.3) is 22.0 Å². The number of halogens is 1. The minimum absolute atomic E-state index is 0.115. The fraction of sp³-hybridized carbons (Fsp3) is 0.212. The van der Waals surface area contributed by atoms with E-state index in [1.54, 1.807) is 46.9 Å². The minimum Gasteiger partial charge on any atom is -0.374 e. The number of fused-ring (bicyclic) bond motifs is 1. The van der Waals surface area contributed by atoms with Crippen LogP contribution in [0.4, 0.5) is 0 Å². The van der Waals surface area contributed by atoms with Crippen LogP contribution < -0.4 is 5.56 Å². The first-order chi connectivity index (χ1) is 18.5. The molecule has 196 valence electrons. The second-order valence-electron chi connectivity index (χ2n) is 10.9. The summed E-state index contributed by atoms with van der Waals surface area (Å²) in [5, 5.41) is 13.8. The molecule has 0 spiro atoms. The van der Waals surface area contributed by atoms with Crippen LogP contribution in [-0.2, 0) is 19.7 Å². The van der Waals surface area contributed by atoms with E-state index in [2.05, 4.69) is 37.6 Å². The fourth-order valence-electron chi connectivity index (χ4n) is 4.81. The number of aliphatic hydroxyl groups is 1. The van der Waals surface area contributed by atoms with Crippen molar-refractivity contribution >= 4 is 22.5 Å². The maximum absolute atomic E-state index is 13.0. The Balaban J connectivity index is 1.78. The average Bonchev–Trinajstić information content (AvgIpc) is 3.35. The highest BCUT2D eigenvalue weighted by molar-refractivity contribution is 6.30. The van der Waals surface area contributed by atoms with Gasteiger partial charge >= 0.3 is 0 Å². The minimum atomic E-state index is -1.52. The van der Waals surface area contributed by atoms with Gasteiger partial charge in [-0.15, -0.1) is 0 Å². The lowest BCUT2D eigenvalue weighted by molar-refractivity contribution is 0.117. The van der Waals surface area contributed by atoms with Crippen LogP contribution >= 0.6 is 11.6 Å². The maximum Gasteiger partial charge on any atom is 0.251 e. The van der Waals surface area contributed by atoms with Gasteiger partial charge in [0.15, 0.2) is 5.60 Å². The molecule has 5 aromatic rings. The molecule has 5 nitrogen and oxygen atoms in total. The first kappa shape index (κ1) is 26.5. The van der Waals surface area contributed by atoms with Crippen LogP contribution in [0, 0.1) is 17.3 Å². The molecule has 2 heterocycles. The van der Waals surface area contributed by atoms with Crippen molar-refractivity contribution in [2.45, 2.75) is 26.4 Å². The number of benzene rings is 3. The molecule has 0 saturated carbocycles. The molecular weight excluding hydrogens is 506 g/mol. The Morgan fingerprint density at radius 1 is 0.923 bits per heavy atom. The average molecular weight is 536 g/mol. The highest BCUT2D eigenvalue weighted by Crippen LogP contribution is 2.39. The molecule has 1 unspecified atom stereocenters. The SMILES string of the molecule is Cn1cncc1C(O)(c1ccc(Cl)cc1)c1ccc2c(c1)c(-c1cccc(C#CC(C)(C)C)c1)cc(=O)n2C. The lowest BCUT2D eigenvalue weighted by Crippen LogP contribution is -2.31. The molecule has 0 aliphatic heterocycles. The van der Waals surface area contributed by atoms with Gasteiger partial charge in [0.05, 0.1) is 23.7 Å². The van der Waals surface area contributed by atoms with Gasteiger partial charge in [0, 0.05) is 41.5 Å². The van der Waals surface area contributed by atoms with Gasteiger partial charge in [-0.05, 0) is 79.4 Å². The normalized spacial score (nSPS) is 13.1. The number of aryl methyl sites for hydroxylation is 2. The summed E-state index contributed by atoms with van der Waals surface area (Å²) in [5.74, 6) is 6.54. The van der Waals surface area contributed by atoms with E-state index in [9.17, 15) is 9.90 Å². The van der Waals surface area contributed by atoms with Gasteiger partial charge in [-0.25, -0.2) is 4.98 Å². The van der Waals surface area contributed by atoms with E-state index < -0.39 is 5.60 Å². The molecule has 6 heteroatoms. The quantitative estimate of drug-likeness (QED) is 0.276. The Morgan fingerprint density at radius 3 is 2.31 bits per heavy atom. The summed E-state index contributed by atoms with van der Waals surface area (Å²) in [4.78, 5) is 17.3. The first-order valence-corrected chi connectivity index (χ1v) is 13.1. The van der Waals surface area contributed by atoms with Gasteiger partial charge < -0.3 is 14.2 Å². The summed E-state index contributed by atoms with van der Waals surface area (Å²) in [6.45, 7) is 6.22. The Morgan fingerprint density at radius 2 is 1.64 bits per heavy atom. The van der Waals surface area contributed by atoms with Crippen molar-refractivity contribution < 1.29 is 5.11 Å². The number of pyridine rings is 1. The standard InChI is InChI=1S/C33H30ClN3O2/c1-32(2,3)16-15-22-7-6-8-23(17-22)27-19-31(38)37(5)29-14-11-25(18-28(27)29)33(39,30-20-35-21-36(30)4)24-9-12-26(34)13-10-24/h6-14,17-21,39H,1-5H3. The number of nitrogens with zero attached hydrogens (tertiary/aromatic N) is 3. The molecule has 5 rings (SSSR count). The zero-order valence-corrected chi connectivity index (χ0v) is 23.4. The number of hydrogen-bond acceptors (Lipinski definition) is 3. The zero-order chi connectivity index (χ0) is 27.9. The second-order valence-corrected chi connectivity index (χ2v) is 11.3. The lowest BCUT2D eigenvalue weighted by Gasteiger charge is -2.30. The molecular formula is C33H30ClN3O2. The van der Waals surface area contributed by atoms with Gasteiger partial charge in [0.1, 0.15) is 0 Å². The molecule has 39 heavy (non-hydrogen) atoms. The Labute approximate surface area is 233 Å². The van der Waals surface area contributed by atoms with Crippen molar-refractivity contribution in [3.05, 3.63) is 123 Å². The summed E-state index contributed by atoms with van der Waals surface area (Å²) in [6, 6.07) is 22.4. The van der Waals surface area contributed by atoms with E-state index in [0.717, 1.165) is 27.6 Å². The first-order valence-electron chi connectivity index (χ1n) is 12.7. The molecule has 1 N–H and O–H groups in total. The molecule has 0 bridgehead atoms. The van der Waals surface area contributed by atoms with E-state index >= 15 is 0 Å². The van der Waals surface area contributed by atoms with E-state index in [0.29, 0.717) is 21.8 Å². The predicted molar refractivity (Wildman–Crippen MR) is 158 cm³/mol. The number of hydrogen-bond donors (Lipinski definition) is 1. The number of imidazole rings is 1. The smallest absolute Gasteiger partial charge is 0.251 e. The number of aromatic nitrogens is 3. The summed E-state index contributed by atoms with van der Waals surface area (Å²) in [7, 11) is 3.61. The van der Waals surface area contributed by atoms with Crippen molar-refractivity contribution in [2.24, 2.45) is 19.5 Å². The van der Waals surface area contributed by atoms with Crippen molar-refractivity contribution in [1.29, 1.82) is 0 Å². The molecule has 0 amide bonds. The summed E-state index contributed by atoms with van der Waals surface area (Å²) in [5.41, 5.74) is 3.44. The molecule has 0 fully saturated rings. The van der Waals surface area contributed by atoms with Crippen LogP contribution in [0.3, 0.4) is 0 Å². The monoisotopic (exact) mass is 535 g/mol. The van der Waals surface area contributed by atoms with Crippen molar-refractivity contribution in [2.75, 3.05) is 0 Å². The molecule has 1 atom stereocenters. The second kappa shape index (κ2) is 9.89. The van der Waals surface area contributed by atoms with Gasteiger partial charge in [-0.2, -0.15) is 0 Å². The highest BCUT2D eigenvalue weighted by atomic mass is 35.5. The Bertz CT molecular complexity index is 1810. The third-order valence-corrected chi connectivity index (χ3v) is 7.12. The third kappa shape index (κ3) is 5.02. The van der Waals surface area contributed by atoms with Crippen molar-refractivity contribution in [1.82, 2.24) is 14.1 Å². The number of rotatable bonds is 4. The molecule has 0 saturated heterocycles. The van der Waals surface area contributed by atoms with Crippen LogP contribution in [0.15, 0.2) is 90.1 Å². The molecule has 0 radical (unpaired) electrons. The summed E-state index contributed by atoms with van der Waals surface area (Å²) in [6.07, 6.45) is 3.33. The van der Waals surface area contributed by atoms with E-state index in [-0.39, 0.29) is 11.0 Å². The van der Waals surface area contributed by atoms with Gasteiger partial charge in [-0.1, -0.05) is 53.8 Å². The Hall–Kier alpha value is -4.11. The third-order valence-electron chi connectivity index (χ3n) is 6.87. The highest BCUT2D eigenvalue weighted by Gasteiger charge is 2.37. The fourth-order valence-corrected chi connectivity index (χ4v) is 4.93. The maximum atomic E-state index is 13.0. The van der Waals surface area contributed by atoms with Crippen molar-refractivity contribution in [3.8, 4) is 23.0 Å². The largest absolute Gasteiger partial charge is 0.374 e. The molecule has 0 aliphatic rings. The summed E-state index contributed by atoms with van der Waals surface area (Å²) >= 11 is 6.18. The topological polar surface area (TPSA) is 60.0 Å². The van der Waals surface area contributed by atoms with E-state index in [1.807, 2.05) is 61.6 Å². The van der Waals surface area contributed by atoms with Gasteiger partial charge in [0.25, 0.3) is 5.56 Å². The van der Waals surface area contributed by atoms with Crippen LogP contribution in [0.5, 0.6) is 0 Å². The predicted octanol–water partition coefficient (Wildman–Crippen LogP) is 6.27. The van der Waals surface area contributed by atoms with E-state index in [4.69, 9.17) is 11.6 Å². The zero-order valence-electron chi connectivity index (χ0n) is 22.7. The Kier molecular flexibility index (Phi) is 6.72. The van der Waals surface area contributed by atoms with Crippen LogP contribution in [0.2, 0.25) is 5.02 Å². The van der Waals surface area contributed by atoms with Crippen molar-refractivity contribution in [3.63, 3.8) is 0 Å². The summed E-state index contributed by atoms with van der Waals surface area (Å²) < 4.78 is 3.43.